The van der Waals surface area contributed by atoms with E-state index in [1.165, 1.54) is 0 Å². The molecule has 12 heavy (non-hydrogen) atoms. The zero-order valence-electron chi connectivity index (χ0n) is 8.12. The van der Waals surface area contributed by atoms with E-state index in [0.29, 0.717) is 18.6 Å². The summed E-state index contributed by atoms with van der Waals surface area (Å²) in [6.07, 6.45) is 2.04. The van der Waals surface area contributed by atoms with Crippen LogP contribution in [0.25, 0.3) is 0 Å². The summed E-state index contributed by atoms with van der Waals surface area (Å²) in [5.41, 5.74) is 5.93. The van der Waals surface area contributed by atoms with Gasteiger partial charge in [-0.2, -0.15) is 11.8 Å². The molecule has 3 N–H and O–H groups in total. The summed E-state index contributed by atoms with van der Waals surface area (Å²) in [5.74, 6) is 2.67. The minimum absolute atomic E-state index is 0.297. The Morgan fingerprint density at radius 1 is 1.50 bits per heavy atom. The molecule has 2 nitrogen and oxygen atoms in total. The minimum atomic E-state index is 0.297. The molecule has 0 aromatic rings. The van der Waals surface area contributed by atoms with E-state index < -0.39 is 0 Å². The number of aliphatic hydroxyl groups excluding tert-OH is 1. The van der Waals surface area contributed by atoms with E-state index in [1.807, 2.05) is 11.8 Å². The van der Waals surface area contributed by atoms with Gasteiger partial charge >= 0.3 is 0 Å². The fraction of sp³-hybridized carbons (Fsp3) is 1.00. The van der Waals surface area contributed by atoms with Gasteiger partial charge in [0.15, 0.2) is 0 Å². The zero-order valence-corrected chi connectivity index (χ0v) is 8.94. The van der Waals surface area contributed by atoms with Crippen molar-refractivity contribution >= 4 is 11.8 Å². The average Bonchev–Trinajstić information content (AvgIpc) is 2.10. The topological polar surface area (TPSA) is 46.2 Å². The quantitative estimate of drug-likeness (QED) is 0.599. The van der Waals surface area contributed by atoms with E-state index in [4.69, 9.17) is 10.8 Å². The maximum atomic E-state index is 8.54. The SMILES string of the molecule is CCC(C)C(N)CSCCCO. The first-order chi connectivity index (χ1) is 5.72. The van der Waals surface area contributed by atoms with Gasteiger partial charge in [-0.25, -0.2) is 0 Å². The molecule has 74 valence electrons. The Bertz CT molecular complexity index is 101. The Hall–Kier alpha value is 0.270. The molecule has 0 aliphatic carbocycles. The number of hydrogen-bond donors (Lipinski definition) is 2. The van der Waals surface area contributed by atoms with Gasteiger partial charge in [0, 0.05) is 18.4 Å². The van der Waals surface area contributed by atoms with Crippen LogP contribution in [0.3, 0.4) is 0 Å². The first-order valence-electron chi connectivity index (χ1n) is 4.66. The van der Waals surface area contributed by atoms with Crippen LogP contribution in [0.4, 0.5) is 0 Å². The predicted octanol–water partition coefficient (Wildman–Crippen LogP) is 1.48. The van der Waals surface area contributed by atoms with Gasteiger partial charge in [0.05, 0.1) is 0 Å². The average molecular weight is 191 g/mol. The Kier molecular flexibility index (Phi) is 8.07. The summed E-state index contributed by atoms with van der Waals surface area (Å²) < 4.78 is 0. The van der Waals surface area contributed by atoms with Crippen LogP contribution in [0.2, 0.25) is 0 Å². The lowest BCUT2D eigenvalue weighted by molar-refractivity contribution is 0.296. The van der Waals surface area contributed by atoms with Crippen molar-refractivity contribution in [2.75, 3.05) is 18.1 Å². The second kappa shape index (κ2) is 7.90. The van der Waals surface area contributed by atoms with E-state index >= 15 is 0 Å². The highest BCUT2D eigenvalue weighted by Gasteiger charge is 2.09. The minimum Gasteiger partial charge on any atom is -0.396 e. The van der Waals surface area contributed by atoms with Crippen LogP contribution in [0.15, 0.2) is 0 Å². The summed E-state index contributed by atoms with van der Waals surface area (Å²) >= 11 is 1.84. The first-order valence-corrected chi connectivity index (χ1v) is 5.82. The Morgan fingerprint density at radius 3 is 2.67 bits per heavy atom. The molecule has 0 radical (unpaired) electrons. The van der Waals surface area contributed by atoms with Gasteiger partial charge in [-0.3, -0.25) is 0 Å². The lowest BCUT2D eigenvalue weighted by Crippen LogP contribution is -2.30. The fourth-order valence-corrected chi connectivity index (χ4v) is 1.95. The lowest BCUT2D eigenvalue weighted by Gasteiger charge is -2.17. The molecular formula is C9H21NOS. The third-order valence-electron chi connectivity index (χ3n) is 2.13. The maximum absolute atomic E-state index is 8.54. The highest BCUT2D eigenvalue weighted by molar-refractivity contribution is 7.99. The standard InChI is InChI=1S/C9H21NOS/c1-3-8(2)9(10)7-12-6-4-5-11/h8-9,11H,3-7,10H2,1-2H3. The van der Waals surface area contributed by atoms with Crippen molar-refractivity contribution in [2.24, 2.45) is 11.7 Å². The highest BCUT2D eigenvalue weighted by atomic mass is 32.2. The highest BCUT2D eigenvalue weighted by Crippen LogP contribution is 2.11. The second-order valence-corrected chi connectivity index (χ2v) is 4.35. The summed E-state index contributed by atoms with van der Waals surface area (Å²) in [5, 5.41) is 8.54. The zero-order chi connectivity index (χ0) is 9.40. The van der Waals surface area contributed by atoms with Crippen LogP contribution < -0.4 is 5.73 Å². The van der Waals surface area contributed by atoms with Crippen molar-refractivity contribution in [3.63, 3.8) is 0 Å². The van der Waals surface area contributed by atoms with Crippen molar-refractivity contribution in [3.8, 4) is 0 Å². The van der Waals surface area contributed by atoms with Crippen LogP contribution in [-0.2, 0) is 0 Å². The van der Waals surface area contributed by atoms with Gasteiger partial charge in [-0.1, -0.05) is 20.3 Å². The van der Waals surface area contributed by atoms with Crippen LogP contribution in [0.5, 0.6) is 0 Å². The largest absolute Gasteiger partial charge is 0.396 e. The molecule has 0 aliphatic heterocycles. The van der Waals surface area contributed by atoms with Crippen LogP contribution in [0.1, 0.15) is 26.7 Å². The van der Waals surface area contributed by atoms with Crippen molar-refractivity contribution < 1.29 is 5.11 Å². The van der Waals surface area contributed by atoms with Gasteiger partial charge in [0.1, 0.15) is 0 Å². The van der Waals surface area contributed by atoms with Crippen LogP contribution in [0, 0.1) is 5.92 Å². The van der Waals surface area contributed by atoms with Crippen molar-refractivity contribution in [1.82, 2.24) is 0 Å². The molecule has 0 saturated carbocycles. The molecule has 3 heteroatoms. The molecule has 0 spiro atoms. The molecule has 0 aromatic carbocycles. The van der Waals surface area contributed by atoms with E-state index in [9.17, 15) is 0 Å². The Morgan fingerprint density at radius 2 is 2.17 bits per heavy atom. The number of aliphatic hydroxyl groups is 1. The summed E-state index contributed by atoms with van der Waals surface area (Å²) in [7, 11) is 0. The number of thioether (sulfide) groups is 1. The van der Waals surface area contributed by atoms with Crippen molar-refractivity contribution in [3.05, 3.63) is 0 Å². The molecule has 2 atom stereocenters. The number of nitrogens with two attached hydrogens (primary N) is 1. The van der Waals surface area contributed by atoms with Gasteiger partial charge in [0.2, 0.25) is 0 Å². The molecule has 0 rings (SSSR count). The third-order valence-corrected chi connectivity index (χ3v) is 3.33. The first kappa shape index (κ1) is 12.3. The Labute approximate surface area is 79.9 Å². The van der Waals surface area contributed by atoms with Crippen LogP contribution >= 0.6 is 11.8 Å². The van der Waals surface area contributed by atoms with Crippen LogP contribution in [-0.4, -0.2) is 29.3 Å². The smallest absolute Gasteiger partial charge is 0.0438 e. The Balaban J connectivity index is 3.24. The number of hydrogen-bond acceptors (Lipinski definition) is 3. The third kappa shape index (κ3) is 5.86. The summed E-state index contributed by atoms with van der Waals surface area (Å²) in [6, 6.07) is 0.318. The normalized spacial score (nSPS) is 16.0. The maximum Gasteiger partial charge on any atom is 0.0438 e. The predicted molar refractivity (Wildman–Crippen MR) is 56.5 cm³/mol. The van der Waals surface area contributed by atoms with Gasteiger partial charge < -0.3 is 10.8 Å². The monoisotopic (exact) mass is 191 g/mol. The van der Waals surface area contributed by atoms with E-state index in [2.05, 4.69) is 13.8 Å². The number of rotatable bonds is 7. The summed E-state index contributed by atoms with van der Waals surface area (Å²) in [6.45, 7) is 4.66. The van der Waals surface area contributed by atoms with Crippen molar-refractivity contribution in [2.45, 2.75) is 32.7 Å². The molecule has 0 aliphatic rings. The van der Waals surface area contributed by atoms with Gasteiger partial charge in [-0.15, -0.1) is 0 Å². The molecular weight excluding hydrogens is 170 g/mol. The van der Waals surface area contributed by atoms with E-state index in [-0.39, 0.29) is 0 Å². The molecule has 0 heterocycles. The molecule has 0 saturated heterocycles. The molecule has 0 fully saturated rings. The fourth-order valence-electron chi connectivity index (χ4n) is 0.853. The molecule has 0 bridgehead atoms. The molecule has 0 aromatic heterocycles. The van der Waals surface area contributed by atoms with Crippen molar-refractivity contribution in [1.29, 1.82) is 0 Å². The van der Waals surface area contributed by atoms with Gasteiger partial charge in [-0.05, 0) is 18.1 Å². The van der Waals surface area contributed by atoms with Gasteiger partial charge in [0.25, 0.3) is 0 Å². The van der Waals surface area contributed by atoms with E-state index in [1.54, 1.807) is 0 Å². The summed E-state index contributed by atoms with van der Waals surface area (Å²) in [4.78, 5) is 0. The second-order valence-electron chi connectivity index (χ2n) is 3.20. The van der Waals surface area contributed by atoms with E-state index in [0.717, 1.165) is 24.3 Å². The molecule has 2 unspecified atom stereocenters. The molecule has 0 amide bonds. The lowest BCUT2D eigenvalue weighted by atomic mass is 10.0.